The van der Waals surface area contributed by atoms with Gasteiger partial charge in [0.2, 0.25) is 0 Å². The van der Waals surface area contributed by atoms with E-state index in [1.54, 1.807) is 0 Å². The third-order valence-corrected chi connectivity index (χ3v) is 4.07. The van der Waals surface area contributed by atoms with Gasteiger partial charge in [0.25, 0.3) is 0 Å². The molecule has 82 valence electrons. The van der Waals surface area contributed by atoms with E-state index in [9.17, 15) is 0 Å². The highest BCUT2D eigenvalue weighted by Gasteiger charge is 2.13. The Morgan fingerprint density at radius 3 is 2.80 bits per heavy atom. The van der Waals surface area contributed by atoms with Crippen LogP contribution >= 0.6 is 23.4 Å². The molecule has 1 atom stereocenters. The number of rotatable bonds is 4. The third kappa shape index (κ3) is 3.71. The summed E-state index contributed by atoms with van der Waals surface area (Å²) in [5.41, 5.74) is 0. The summed E-state index contributed by atoms with van der Waals surface area (Å²) >= 11 is 7.76. The second-order valence-electron chi connectivity index (χ2n) is 3.95. The van der Waals surface area contributed by atoms with Gasteiger partial charge in [0, 0.05) is 9.92 Å². The molecule has 1 saturated heterocycles. The zero-order chi connectivity index (χ0) is 10.5. The predicted octanol–water partition coefficient (Wildman–Crippen LogP) is 3.43. The van der Waals surface area contributed by atoms with E-state index in [-0.39, 0.29) is 0 Å². The van der Waals surface area contributed by atoms with Gasteiger partial charge in [-0.25, -0.2) is 0 Å². The van der Waals surface area contributed by atoms with Crippen molar-refractivity contribution in [1.29, 1.82) is 0 Å². The highest BCUT2D eigenvalue weighted by atomic mass is 35.5. The second-order valence-corrected chi connectivity index (χ2v) is 5.55. The lowest BCUT2D eigenvalue weighted by Gasteiger charge is -2.07. The Morgan fingerprint density at radius 1 is 1.33 bits per heavy atom. The highest BCUT2D eigenvalue weighted by Crippen LogP contribution is 2.23. The fourth-order valence-corrected chi connectivity index (χ4v) is 2.98. The van der Waals surface area contributed by atoms with E-state index >= 15 is 0 Å². The van der Waals surface area contributed by atoms with Crippen LogP contribution in [0.15, 0.2) is 29.2 Å². The molecule has 1 aliphatic heterocycles. The lowest BCUT2D eigenvalue weighted by molar-refractivity contribution is 0.568. The van der Waals surface area contributed by atoms with Crippen LogP contribution in [0.1, 0.15) is 12.8 Å². The Bertz CT molecular complexity index is 293. The molecule has 0 aliphatic carbocycles. The zero-order valence-electron chi connectivity index (χ0n) is 8.71. The fraction of sp³-hybridized carbons (Fsp3) is 0.500. The van der Waals surface area contributed by atoms with Crippen molar-refractivity contribution in [2.24, 2.45) is 5.92 Å². The van der Waals surface area contributed by atoms with E-state index < -0.39 is 0 Å². The largest absolute Gasteiger partial charge is 0.316 e. The summed E-state index contributed by atoms with van der Waals surface area (Å²) in [5.74, 6) is 2.11. The molecule has 0 saturated carbocycles. The van der Waals surface area contributed by atoms with E-state index in [0.717, 1.165) is 10.9 Å². The van der Waals surface area contributed by atoms with E-state index in [1.807, 2.05) is 23.9 Å². The minimum absolute atomic E-state index is 0.819. The van der Waals surface area contributed by atoms with Crippen molar-refractivity contribution in [2.45, 2.75) is 17.7 Å². The SMILES string of the molecule is Clc1ccc(SCCC2CCNC2)cc1. The molecule has 1 N–H and O–H groups in total. The van der Waals surface area contributed by atoms with Gasteiger partial charge in [-0.2, -0.15) is 0 Å². The lowest BCUT2D eigenvalue weighted by atomic mass is 10.1. The van der Waals surface area contributed by atoms with Gasteiger partial charge in [0.05, 0.1) is 0 Å². The number of thioether (sulfide) groups is 1. The number of halogens is 1. The molecule has 0 radical (unpaired) electrons. The molecule has 1 fully saturated rings. The van der Waals surface area contributed by atoms with Crippen LogP contribution in [0, 0.1) is 5.92 Å². The summed E-state index contributed by atoms with van der Waals surface area (Å²) in [5, 5.41) is 4.22. The quantitative estimate of drug-likeness (QED) is 0.811. The number of hydrogen-bond donors (Lipinski definition) is 1. The number of nitrogens with one attached hydrogen (secondary N) is 1. The molecule has 1 aromatic rings. The first-order valence-electron chi connectivity index (χ1n) is 5.44. The van der Waals surface area contributed by atoms with Gasteiger partial charge in [-0.3, -0.25) is 0 Å². The van der Waals surface area contributed by atoms with E-state index in [0.29, 0.717) is 0 Å². The van der Waals surface area contributed by atoms with Crippen molar-refractivity contribution in [1.82, 2.24) is 5.32 Å². The summed E-state index contributed by atoms with van der Waals surface area (Å²) in [6.45, 7) is 2.41. The van der Waals surface area contributed by atoms with Gasteiger partial charge in [-0.1, -0.05) is 11.6 Å². The maximum absolute atomic E-state index is 5.83. The molecule has 1 aromatic carbocycles. The molecule has 3 heteroatoms. The van der Waals surface area contributed by atoms with E-state index in [4.69, 9.17) is 11.6 Å². The molecule has 15 heavy (non-hydrogen) atoms. The Kier molecular flexibility index (Phi) is 4.36. The maximum Gasteiger partial charge on any atom is 0.0406 e. The van der Waals surface area contributed by atoms with Gasteiger partial charge < -0.3 is 5.32 Å². The fourth-order valence-electron chi connectivity index (χ4n) is 1.84. The van der Waals surface area contributed by atoms with Crippen molar-refractivity contribution in [2.75, 3.05) is 18.8 Å². The Morgan fingerprint density at radius 2 is 2.13 bits per heavy atom. The van der Waals surface area contributed by atoms with Crippen LogP contribution in [-0.2, 0) is 0 Å². The monoisotopic (exact) mass is 241 g/mol. The average Bonchev–Trinajstić information content (AvgIpc) is 2.74. The molecule has 2 rings (SSSR count). The first-order valence-corrected chi connectivity index (χ1v) is 6.80. The Labute approximate surface area is 101 Å². The van der Waals surface area contributed by atoms with Gasteiger partial charge in [-0.15, -0.1) is 11.8 Å². The molecule has 1 aliphatic rings. The van der Waals surface area contributed by atoms with Crippen molar-refractivity contribution in [3.05, 3.63) is 29.3 Å². The lowest BCUT2D eigenvalue weighted by Crippen LogP contribution is -2.09. The summed E-state index contributed by atoms with van der Waals surface area (Å²) in [6.07, 6.45) is 2.67. The van der Waals surface area contributed by atoms with Crippen LogP contribution in [0.2, 0.25) is 5.02 Å². The number of hydrogen-bond acceptors (Lipinski definition) is 2. The molecule has 0 aromatic heterocycles. The molecule has 0 spiro atoms. The van der Waals surface area contributed by atoms with Crippen LogP contribution in [0.5, 0.6) is 0 Å². The van der Waals surface area contributed by atoms with Gasteiger partial charge >= 0.3 is 0 Å². The van der Waals surface area contributed by atoms with Gasteiger partial charge in [0.1, 0.15) is 0 Å². The molecular formula is C12H16ClNS. The summed E-state index contributed by atoms with van der Waals surface area (Å²) in [4.78, 5) is 1.32. The van der Waals surface area contributed by atoms with Crippen molar-refractivity contribution in [3.8, 4) is 0 Å². The molecule has 1 unspecified atom stereocenters. The summed E-state index contributed by atoms with van der Waals surface area (Å²) in [7, 11) is 0. The van der Waals surface area contributed by atoms with Crippen LogP contribution in [0.25, 0.3) is 0 Å². The first kappa shape index (κ1) is 11.3. The Balaban J connectivity index is 1.71. The van der Waals surface area contributed by atoms with Crippen LogP contribution < -0.4 is 5.32 Å². The van der Waals surface area contributed by atoms with Crippen LogP contribution in [0.4, 0.5) is 0 Å². The van der Waals surface area contributed by atoms with Crippen molar-refractivity contribution < 1.29 is 0 Å². The standard InChI is InChI=1S/C12H16ClNS/c13-11-1-3-12(4-2-11)15-8-6-10-5-7-14-9-10/h1-4,10,14H,5-9H2. The zero-order valence-corrected chi connectivity index (χ0v) is 10.3. The van der Waals surface area contributed by atoms with E-state index in [2.05, 4.69) is 17.4 Å². The Hall–Kier alpha value is -0.180. The summed E-state index contributed by atoms with van der Waals surface area (Å²) < 4.78 is 0. The van der Waals surface area contributed by atoms with Gasteiger partial charge in [0.15, 0.2) is 0 Å². The van der Waals surface area contributed by atoms with Crippen LogP contribution in [0.3, 0.4) is 0 Å². The molecule has 1 nitrogen and oxygen atoms in total. The highest BCUT2D eigenvalue weighted by molar-refractivity contribution is 7.99. The molecule has 0 amide bonds. The maximum atomic E-state index is 5.83. The predicted molar refractivity (Wildman–Crippen MR) is 67.8 cm³/mol. The van der Waals surface area contributed by atoms with E-state index in [1.165, 1.54) is 36.6 Å². The molecule has 0 bridgehead atoms. The minimum Gasteiger partial charge on any atom is -0.316 e. The normalized spacial score (nSPS) is 20.7. The van der Waals surface area contributed by atoms with Gasteiger partial charge in [-0.05, 0) is 61.9 Å². The second kappa shape index (κ2) is 5.78. The number of benzene rings is 1. The molecule has 1 heterocycles. The van der Waals surface area contributed by atoms with Crippen molar-refractivity contribution in [3.63, 3.8) is 0 Å². The van der Waals surface area contributed by atoms with Crippen molar-refractivity contribution >= 4 is 23.4 Å². The molecular weight excluding hydrogens is 226 g/mol. The smallest absolute Gasteiger partial charge is 0.0406 e. The minimum atomic E-state index is 0.819. The summed E-state index contributed by atoms with van der Waals surface area (Å²) in [6, 6.07) is 8.11. The average molecular weight is 242 g/mol. The van der Waals surface area contributed by atoms with Crippen LogP contribution in [-0.4, -0.2) is 18.8 Å². The topological polar surface area (TPSA) is 12.0 Å². The third-order valence-electron chi connectivity index (χ3n) is 2.77. The first-order chi connectivity index (χ1) is 7.34.